The van der Waals surface area contributed by atoms with E-state index in [1.54, 1.807) is 6.20 Å². The quantitative estimate of drug-likeness (QED) is 0.255. The van der Waals surface area contributed by atoms with Crippen molar-refractivity contribution in [3.8, 4) is 11.6 Å². The van der Waals surface area contributed by atoms with Gasteiger partial charge >= 0.3 is 0 Å². The average molecular weight is 498 g/mol. The average Bonchev–Trinajstić information content (AvgIpc) is 3.34. The topological polar surface area (TPSA) is 47.0 Å². The number of ether oxygens (including phenoxy) is 1. The van der Waals surface area contributed by atoms with Crippen molar-refractivity contribution in [2.24, 2.45) is 17.3 Å². The van der Waals surface area contributed by atoms with Gasteiger partial charge in [0.2, 0.25) is 5.88 Å². The van der Waals surface area contributed by atoms with Crippen LogP contribution in [0.25, 0.3) is 5.57 Å². The molecule has 0 fully saturated rings. The van der Waals surface area contributed by atoms with E-state index in [-0.39, 0.29) is 0 Å². The molecule has 2 atom stereocenters. The maximum absolute atomic E-state index is 6.25. The second-order valence-electron chi connectivity index (χ2n) is 11.5. The molecule has 196 valence electrons. The molecule has 0 bridgehead atoms. The Morgan fingerprint density at radius 1 is 1.00 bits per heavy atom. The fourth-order valence-corrected chi connectivity index (χ4v) is 5.62. The van der Waals surface area contributed by atoms with E-state index in [1.165, 1.54) is 44.1 Å². The van der Waals surface area contributed by atoms with Crippen molar-refractivity contribution in [1.29, 1.82) is 0 Å². The first-order valence-corrected chi connectivity index (χ1v) is 14.0. The highest BCUT2D eigenvalue weighted by molar-refractivity contribution is 5.71. The zero-order chi connectivity index (χ0) is 26.1. The van der Waals surface area contributed by atoms with Gasteiger partial charge in [-0.2, -0.15) is 0 Å². The summed E-state index contributed by atoms with van der Waals surface area (Å²) in [5.41, 5.74) is 3.95. The van der Waals surface area contributed by atoms with Crippen molar-refractivity contribution >= 4 is 17.1 Å². The molecule has 4 heteroatoms. The van der Waals surface area contributed by atoms with E-state index in [0.717, 1.165) is 47.5 Å². The molecule has 4 rings (SSSR count). The molecule has 4 nitrogen and oxygen atoms in total. The number of pyridine rings is 2. The Kier molecular flexibility index (Phi) is 9.38. The number of nitrogens with zero attached hydrogens (tertiary/aromatic N) is 2. The second kappa shape index (κ2) is 12.9. The molecule has 1 aliphatic carbocycles. The molecule has 2 unspecified atom stereocenters. The van der Waals surface area contributed by atoms with Crippen molar-refractivity contribution in [2.75, 3.05) is 5.32 Å². The maximum Gasteiger partial charge on any atom is 0.226 e. The summed E-state index contributed by atoms with van der Waals surface area (Å²) >= 11 is 0. The molecule has 0 spiro atoms. The zero-order valence-electron chi connectivity index (χ0n) is 23.0. The highest BCUT2D eigenvalue weighted by Gasteiger charge is 2.23. The summed E-state index contributed by atoms with van der Waals surface area (Å²) in [6.45, 7) is 9.59. The van der Waals surface area contributed by atoms with Crippen LogP contribution in [0.2, 0.25) is 0 Å². The first-order valence-electron chi connectivity index (χ1n) is 14.0. The Labute approximate surface area is 223 Å². The van der Waals surface area contributed by atoms with Crippen LogP contribution < -0.4 is 10.1 Å². The fourth-order valence-electron chi connectivity index (χ4n) is 5.62. The van der Waals surface area contributed by atoms with Crippen molar-refractivity contribution in [3.63, 3.8) is 0 Å². The molecule has 1 N–H and O–H groups in total. The molecule has 0 saturated heterocycles. The molecule has 0 radical (unpaired) electrons. The monoisotopic (exact) mass is 497 g/mol. The summed E-state index contributed by atoms with van der Waals surface area (Å²) in [5, 5.41) is 3.31. The normalized spacial score (nSPS) is 16.3. The molecule has 0 amide bonds. The van der Waals surface area contributed by atoms with E-state index in [4.69, 9.17) is 4.74 Å². The van der Waals surface area contributed by atoms with Gasteiger partial charge in [0.05, 0.1) is 0 Å². The molecule has 37 heavy (non-hydrogen) atoms. The molecule has 1 aliphatic rings. The minimum absolute atomic E-state index is 0.489. The van der Waals surface area contributed by atoms with Crippen LogP contribution in [-0.2, 0) is 0 Å². The summed E-state index contributed by atoms with van der Waals surface area (Å²) < 4.78 is 6.25. The van der Waals surface area contributed by atoms with Gasteiger partial charge in [-0.05, 0) is 103 Å². The maximum atomic E-state index is 6.25. The smallest absolute Gasteiger partial charge is 0.226 e. The SMILES string of the molecule is CCCC(C)(C)CCCC(C)CC1CC=C(c2cccnc2Oc2ccc(Nc3ccccn3)cc2)C1. The Hall–Kier alpha value is -3.14. The van der Waals surface area contributed by atoms with E-state index in [0.29, 0.717) is 11.3 Å². The van der Waals surface area contributed by atoms with Crippen LogP contribution in [-0.4, -0.2) is 9.97 Å². The van der Waals surface area contributed by atoms with Gasteiger partial charge in [-0.3, -0.25) is 0 Å². The molecule has 0 aliphatic heterocycles. The van der Waals surface area contributed by atoms with E-state index < -0.39 is 0 Å². The Morgan fingerprint density at radius 3 is 2.57 bits per heavy atom. The predicted molar refractivity (Wildman–Crippen MR) is 155 cm³/mol. The summed E-state index contributed by atoms with van der Waals surface area (Å²) in [7, 11) is 0. The van der Waals surface area contributed by atoms with Gasteiger partial charge in [-0.25, -0.2) is 9.97 Å². The van der Waals surface area contributed by atoms with Gasteiger partial charge in [0.15, 0.2) is 0 Å². The first-order chi connectivity index (χ1) is 17.9. The molecule has 2 aromatic heterocycles. The summed E-state index contributed by atoms with van der Waals surface area (Å²) in [6, 6.07) is 17.9. The van der Waals surface area contributed by atoms with E-state index >= 15 is 0 Å². The lowest BCUT2D eigenvalue weighted by Crippen LogP contribution is -2.12. The molecule has 0 saturated carbocycles. The third-order valence-corrected chi connectivity index (χ3v) is 7.54. The van der Waals surface area contributed by atoms with Crippen molar-refractivity contribution in [2.45, 2.75) is 79.1 Å². The van der Waals surface area contributed by atoms with Crippen LogP contribution >= 0.6 is 0 Å². The summed E-state index contributed by atoms with van der Waals surface area (Å²) in [5.74, 6) is 3.78. The molecule has 2 heterocycles. The largest absolute Gasteiger partial charge is 0.438 e. The first kappa shape index (κ1) is 26.9. The highest BCUT2D eigenvalue weighted by Crippen LogP contribution is 2.40. The molecular formula is C33H43N3O. The minimum Gasteiger partial charge on any atom is -0.438 e. The second-order valence-corrected chi connectivity index (χ2v) is 11.5. The van der Waals surface area contributed by atoms with Gasteiger partial charge in [0.25, 0.3) is 0 Å². The number of aromatic nitrogens is 2. The van der Waals surface area contributed by atoms with Gasteiger partial charge in [0, 0.05) is 23.6 Å². The standard InChI is InChI=1S/C33H43N3O/c1-5-19-33(3,4)20-8-10-25(2)23-26-13-14-27(24-26)30-11-9-22-35-32(30)37-29-17-15-28(16-18-29)36-31-12-6-7-21-34-31/h6-7,9,11-12,14-18,21-22,25-26H,5,8,10,13,19-20,23-24H2,1-4H3,(H,34,36). The lowest BCUT2D eigenvalue weighted by atomic mass is 9.81. The number of hydrogen-bond acceptors (Lipinski definition) is 4. The zero-order valence-corrected chi connectivity index (χ0v) is 23.0. The number of benzene rings is 1. The van der Waals surface area contributed by atoms with E-state index in [2.05, 4.69) is 55.1 Å². The van der Waals surface area contributed by atoms with Crippen molar-refractivity contribution in [3.05, 3.63) is 78.6 Å². The molecule has 1 aromatic carbocycles. The van der Waals surface area contributed by atoms with Crippen LogP contribution in [0.15, 0.2) is 73.1 Å². The van der Waals surface area contributed by atoms with E-state index in [1.807, 2.05) is 54.7 Å². The summed E-state index contributed by atoms with van der Waals surface area (Å²) in [6.07, 6.45) is 16.2. The van der Waals surface area contributed by atoms with Gasteiger partial charge in [-0.15, -0.1) is 0 Å². The minimum atomic E-state index is 0.489. The lowest BCUT2D eigenvalue weighted by molar-refractivity contribution is 0.276. The number of hydrogen-bond donors (Lipinski definition) is 1. The van der Waals surface area contributed by atoms with Crippen LogP contribution in [0, 0.1) is 17.3 Å². The van der Waals surface area contributed by atoms with Gasteiger partial charge in [0.1, 0.15) is 11.6 Å². The number of anilines is 2. The van der Waals surface area contributed by atoms with Crippen LogP contribution in [0.3, 0.4) is 0 Å². The van der Waals surface area contributed by atoms with Gasteiger partial charge < -0.3 is 10.1 Å². The Morgan fingerprint density at radius 2 is 1.81 bits per heavy atom. The Balaban J connectivity index is 1.30. The number of nitrogens with one attached hydrogen (secondary N) is 1. The lowest BCUT2D eigenvalue weighted by Gasteiger charge is -2.25. The third kappa shape index (κ3) is 8.18. The molecular weight excluding hydrogens is 454 g/mol. The number of allylic oxidation sites excluding steroid dienone is 2. The number of rotatable bonds is 13. The molecule has 3 aromatic rings. The van der Waals surface area contributed by atoms with Crippen LogP contribution in [0.5, 0.6) is 11.6 Å². The highest BCUT2D eigenvalue weighted by atomic mass is 16.5. The summed E-state index contributed by atoms with van der Waals surface area (Å²) in [4.78, 5) is 8.90. The van der Waals surface area contributed by atoms with Crippen molar-refractivity contribution in [1.82, 2.24) is 9.97 Å². The Bertz CT molecular complexity index is 1140. The van der Waals surface area contributed by atoms with Crippen LogP contribution in [0.4, 0.5) is 11.5 Å². The van der Waals surface area contributed by atoms with Crippen molar-refractivity contribution < 1.29 is 4.74 Å². The van der Waals surface area contributed by atoms with Crippen LogP contribution in [0.1, 0.15) is 84.6 Å². The third-order valence-electron chi connectivity index (χ3n) is 7.54. The fraction of sp³-hybridized carbons (Fsp3) is 0.455. The van der Waals surface area contributed by atoms with Gasteiger partial charge in [-0.1, -0.05) is 59.1 Å². The predicted octanol–water partition coefficient (Wildman–Crippen LogP) is 9.83. The van der Waals surface area contributed by atoms with E-state index in [9.17, 15) is 0 Å².